The zero-order chi connectivity index (χ0) is 14.0. The molecule has 2 aromatic rings. The molecule has 19 heavy (non-hydrogen) atoms. The second-order valence-corrected chi connectivity index (χ2v) is 6.35. The maximum absolute atomic E-state index is 10.7. The molecule has 1 atom stereocenters. The molecule has 4 heteroatoms. The van der Waals surface area contributed by atoms with Gasteiger partial charge in [-0.2, -0.15) is 0 Å². The van der Waals surface area contributed by atoms with Gasteiger partial charge in [-0.3, -0.25) is 4.98 Å². The molecule has 0 bridgehead atoms. The van der Waals surface area contributed by atoms with Gasteiger partial charge in [-0.05, 0) is 45.9 Å². The first-order valence-corrected chi connectivity index (χ1v) is 7.12. The molecule has 1 unspecified atom stereocenters. The highest BCUT2D eigenvalue weighted by atomic mass is 32.1. The number of hydrogen-bond acceptors (Lipinski definition) is 4. The minimum absolute atomic E-state index is 0.0889. The van der Waals surface area contributed by atoms with Gasteiger partial charge >= 0.3 is 0 Å². The lowest BCUT2D eigenvalue weighted by Crippen LogP contribution is -2.21. The molecule has 2 aromatic heterocycles. The van der Waals surface area contributed by atoms with E-state index in [9.17, 15) is 5.11 Å². The van der Waals surface area contributed by atoms with Crippen molar-refractivity contribution in [1.82, 2.24) is 4.98 Å². The van der Waals surface area contributed by atoms with Crippen molar-refractivity contribution in [2.75, 3.05) is 0 Å². The molecule has 2 rings (SSSR count). The van der Waals surface area contributed by atoms with Crippen LogP contribution in [0.4, 0.5) is 0 Å². The molecule has 0 fully saturated rings. The smallest absolute Gasteiger partial charge is 0.138 e. The predicted molar refractivity (Wildman–Crippen MR) is 77.7 cm³/mol. The fourth-order valence-electron chi connectivity index (χ4n) is 1.86. The van der Waals surface area contributed by atoms with Crippen LogP contribution in [-0.2, 0) is 5.60 Å². The van der Waals surface area contributed by atoms with Crippen LogP contribution >= 0.6 is 11.3 Å². The molecular formula is C15H19NO2S. The Morgan fingerprint density at radius 1 is 1.32 bits per heavy atom. The molecular weight excluding hydrogens is 258 g/mol. The molecule has 0 spiro atoms. The summed E-state index contributed by atoms with van der Waals surface area (Å²) in [6.45, 7) is 7.75. The minimum Gasteiger partial charge on any atom is -0.489 e. The molecule has 1 N–H and O–H groups in total. The third kappa shape index (κ3) is 3.14. The zero-order valence-electron chi connectivity index (χ0n) is 11.7. The van der Waals surface area contributed by atoms with Crippen LogP contribution in [0, 0.1) is 6.92 Å². The molecule has 0 saturated heterocycles. The summed E-state index contributed by atoms with van der Waals surface area (Å²) in [7, 11) is 0. The van der Waals surface area contributed by atoms with Crippen LogP contribution in [0.3, 0.4) is 0 Å². The summed E-state index contributed by atoms with van der Waals surface area (Å²) in [6, 6.07) is 5.81. The Morgan fingerprint density at radius 3 is 2.63 bits per heavy atom. The molecule has 0 aliphatic heterocycles. The van der Waals surface area contributed by atoms with Crippen LogP contribution < -0.4 is 4.74 Å². The lowest BCUT2D eigenvalue weighted by Gasteiger charge is -2.23. The summed E-state index contributed by atoms with van der Waals surface area (Å²) >= 11 is 1.59. The largest absolute Gasteiger partial charge is 0.489 e. The highest BCUT2D eigenvalue weighted by Gasteiger charge is 2.28. The Morgan fingerprint density at radius 2 is 2.05 bits per heavy atom. The summed E-state index contributed by atoms with van der Waals surface area (Å²) in [5.74, 6) is 0.682. The van der Waals surface area contributed by atoms with Gasteiger partial charge in [0.1, 0.15) is 11.4 Å². The average molecular weight is 277 g/mol. The average Bonchev–Trinajstić information content (AvgIpc) is 2.76. The van der Waals surface area contributed by atoms with Crippen molar-refractivity contribution in [3.05, 3.63) is 45.9 Å². The van der Waals surface area contributed by atoms with E-state index >= 15 is 0 Å². The normalized spacial score (nSPS) is 14.4. The Labute approximate surface area is 117 Å². The van der Waals surface area contributed by atoms with Gasteiger partial charge in [0, 0.05) is 21.5 Å². The van der Waals surface area contributed by atoms with E-state index in [2.05, 4.69) is 4.98 Å². The quantitative estimate of drug-likeness (QED) is 0.930. The third-order valence-corrected chi connectivity index (χ3v) is 4.08. The molecule has 3 nitrogen and oxygen atoms in total. The van der Waals surface area contributed by atoms with Gasteiger partial charge < -0.3 is 9.84 Å². The number of aromatic nitrogens is 1. The Kier molecular flexibility index (Phi) is 3.92. The number of aliphatic hydroxyl groups is 1. The molecule has 102 valence electrons. The number of pyridine rings is 1. The molecule has 0 aliphatic carbocycles. The first-order valence-electron chi connectivity index (χ1n) is 6.31. The van der Waals surface area contributed by atoms with Gasteiger partial charge in [0.05, 0.1) is 12.3 Å². The van der Waals surface area contributed by atoms with Crippen molar-refractivity contribution in [3.63, 3.8) is 0 Å². The van der Waals surface area contributed by atoms with Gasteiger partial charge in [-0.25, -0.2) is 0 Å². The van der Waals surface area contributed by atoms with Gasteiger partial charge in [-0.1, -0.05) is 0 Å². The first-order chi connectivity index (χ1) is 8.89. The van der Waals surface area contributed by atoms with E-state index in [1.54, 1.807) is 30.7 Å². The SMILES string of the molecule is Cc1ccc(C(C)(O)c2cncc(OC(C)C)c2)s1. The van der Waals surface area contributed by atoms with Crippen molar-refractivity contribution in [2.24, 2.45) is 0 Å². The number of thiophene rings is 1. The van der Waals surface area contributed by atoms with Crippen molar-refractivity contribution >= 4 is 11.3 Å². The third-order valence-electron chi connectivity index (χ3n) is 2.87. The number of ether oxygens (including phenoxy) is 1. The monoisotopic (exact) mass is 277 g/mol. The molecule has 0 saturated carbocycles. The van der Waals surface area contributed by atoms with E-state index in [1.807, 2.05) is 39.0 Å². The highest BCUT2D eigenvalue weighted by Crippen LogP contribution is 2.34. The number of rotatable bonds is 4. The maximum atomic E-state index is 10.7. The van der Waals surface area contributed by atoms with Crippen molar-refractivity contribution in [2.45, 2.75) is 39.4 Å². The van der Waals surface area contributed by atoms with Gasteiger partial charge in [0.2, 0.25) is 0 Å². The summed E-state index contributed by atoms with van der Waals surface area (Å²) in [6.07, 6.45) is 3.44. The second kappa shape index (κ2) is 5.31. The lowest BCUT2D eigenvalue weighted by atomic mass is 9.96. The second-order valence-electron chi connectivity index (χ2n) is 5.06. The fraction of sp³-hybridized carbons (Fsp3) is 0.400. The van der Waals surface area contributed by atoms with Gasteiger partial charge in [0.15, 0.2) is 0 Å². The van der Waals surface area contributed by atoms with Crippen molar-refractivity contribution < 1.29 is 9.84 Å². The van der Waals surface area contributed by atoms with Crippen LogP contribution in [-0.4, -0.2) is 16.2 Å². The Balaban J connectivity index is 2.34. The minimum atomic E-state index is -1.04. The molecule has 0 aliphatic rings. The topological polar surface area (TPSA) is 42.4 Å². The highest BCUT2D eigenvalue weighted by molar-refractivity contribution is 7.12. The van der Waals surface area contributed by atoms with Crippen LogP contribution in [0.1, 0.15) is 36.1 Å². The summed E-state index contributed by atoms with van der Waals surface area (Å²) < 4.78 is 5.62. The van der Waals surface area contributed by atoms with E-state index in [-0.39, 0.29) is 6.10 Å². The van der Waals surface area contributed by atoms with Gasteiger partial charge in [0.25, 0.3) is 0 Å². The van der Waals surface area contributed by atoms with E-state index < -0.39 is 5.60 Å². The predicted octanol–water partition coefficient (Wildman–Crippen LogP) is 3.49. The number of nitrogens with zero attached hydrogens (tertiary/aromatic N) is 1. The zero-order valence-corrected chi connectivity index (χ0v) is 12.5. The van der Waals surface area contributed by atoms with Crippen molar-refractivity contribution in [3.8, 4) is 5.75 Å². The van der Waals surface area contributed by atoms with Crippen molar-refractivity contribution in [1.29, 1.82) is 0 Å². The standard InChI is InChI=1S/C15H19NO2S/c1-10(2)18-13-7-12(8-16-9-13)15(4,17)14-6-5-11(3)19-14/h5-10,17H,1-4H3. The van der Waals surface area contributed by atoms with E-state index in [0.717, 1.165) is 10.4 Å². The van der Waals surface area contributed by atoms with Gasteiger partial charge in [-0.15, -0.1) is 11.3 Å². The van der Waals surface area contributed by atoms with E-state index in [0.29, 0.717) is 5.75 Å². The lowest BCUT2D eigenvalue weighted by molar-refractivity contribution is 0.105. The number of aryl methyl sites for hydroxylation is 1. The Hall–Kier alpha value is -1.39. The maximum Gasteiger partial charge on any atom is 0.138 e. The van der Waals surface area contributed by atoms with Crippen LogP contribution in [0.2, 0.25) is 0 Å². The molecule has 2 heterocycles. The van der Waals surface area contributed by atoms with Crippen LogP contribution in [0.5, 0.6) is 5.75 Å². The summed E-state index contributed by atoms with van der Waals surface area (Å²) in [5.41, 5.74) is -0.296. The Bertz CT molecular complexity index is 561. The van der Waals surface area contributed by atoms with E-state index in [4.69, 9.17) is 4.74 Å². The summed E-state index contributed by atoms with van der Waals surface area (Å²) in [4.78, 5) is 6.25. The first kappa shape index (κ1) is 14.0. The van der Waals surface area contributed by atoms with Crippen LogP contribution in [0.25, 0.3) is 0 Å². The van der Waals surface area contributed by atoms with Crippen LogP contribution in [0.15, 0.2) is 30.6 Å². The fourth-order valence-corrected chi connectivity index (χ4v) is 2.80. The number of hydrogen-bond donors (Lipinski definition) is 1. The molecule has 0 amide bonds. The summed E-state index contributed by atoms with van der Waals surface area (Å²) in [5, 5.41) is 10.7. The van der Waals surface area contributed by atoms with E-state index in [1.165, 1.54) is 4.88 Å². The molecule has 0 aromatic carbocycles. The molecule has 0 radical (unpaired) electrons.